The van der Waals surface area contributed by atoms with E-state index in [2.05, 4.69) is 29.2 Å². The van der Waals surface area contributed by atoms with Gasteiger partial charge in [0.05, 0.1) is 12.7 Å². The quantitative estimate of drug-likeness (QED) is 0.356. The standard InChI is InChI=1S/C26H22F3NO2/c1-31-24-13-17(15-30-11-10-18-6-2-3-7-19(18)16-30)12-20-14-23(32-25(20)24)21-8-4-5-9-22(21)26(27,28)29/h2-9,12-14H,10-11,15-16H2,1H3. The van der Waals surface area contributed by atoms with Crippen molar-refractivity contribution < 1.29 is 22.3 Å². The summed E-state index contributed by atoms with van der Waals surface area (Å²) < 4.78 is 51.9. The fraction of sp³-hybridized carbons (Fsp3) is 0.231. The lowest BCUT2D eigenvalue weighted by Crippen LogP contribution is -2.29. The zero-order valence-corrected chi connectivity index (χ0v) is 17.6. The van der Waals surface area contributed by atoms with Gasteiger partial charge in [0.2, 0.25) is 0 Å². The van der Waals surface area contributed by atoms with Crippen LogP contribution in [0, 0.1) is 0 Å². The van der Waals surface area contributed by atoms with E-state index in [1.165, 1.54) is 23.3 Å². The van der Waals surface area contributed by atoms with Gasteiger partial charge < -0.3 is 9.15 Å². The smallest absolute Gasteiger partial charge is 0.417 e. The molecule has 164 valence electrons. The van der Waals surface area contributed by atoms with E-state index >= 15 is 0 Å². The van der Waals surface area contributed by atoms with E-state index in [0.29, 0.717) is 11.3 Å². The highest BCUT2D eigenvalue weighted by molar-refractivity contribution is 5.88. The third-order valence-corrected chi connectivity index (χ3v) is 5.98. The Hall–Kier alpha value is -3.25. The molecule has 4 aromatic rings. The Labute approximate surface area is 184 Å². The van der Waals surface area contributed by atoms with Crippen LogP contribution in [0.4, 0.5) is 13.2 Å². The summed E-state index contributed by atoms with van der Waals surface area (Å²) >= 11 is 0. The molecular formula is C26H22F3NO2. The Morgan fingerprint density at radius 1 is 0.969 bits per heavy atom. The van der Waals surface area contributed by atoms with Crippen LogP contribution in [0.1, 0.15) is 22.3 Å². The number of methoxy groups -OCH3 is 1. The van der Waals surface area contributed by atoms with E-state index in [1.807, 2.05) is 12.1 Å². The second kappa shape index (κ2) is 8.02. The molecule has 0 saturated heterocycles. The van der Waals surface area contributed by atoms with E-state index < -0.39 is 11.7 Å². The van der Waals surface area contributed by atoms with Gasteiger partial charge >= 0.3 is 6.18 Å². The third kappa shape index (κ3) is 3.86. The molecule has 0 spiro atoms. The van der Waals surface area contributed by atoms with Gasteiger partial charge in [0, 0.05) is 30.6 Å². The first-order chi connectivity index (χ1) is 15.4. The molecule has 0 unspecified atom stereocenters. The number of rotatable bonds is 4. The normalized spacial score (nSPS) is 14.5. The van der Waals surface area contributed by atoms with Crippen molar-refractivity contribution in [3.05, 3.63) is 89.0 Å². The molecule has 0 fully saturated rings. The summed E-state index contributed by atoms with van der Waals surface area (Å²) in [4.78, 5) is 2.36. The number of furan rings is 1. The summed E-state index contributed by atoms with van der Waals surface area (Å²) in [6.45, 7) is 2.54. The van der Waals surface area contributed by atoms with Crippen LogP contribution in [0.5, 0.6) is 5.75 Å². The van der Waals surface area contributed by atoms with Crippen LogP contribution >= 0.6 is 0 Å². The maximum atomic E-state index is 13.5. The zero-order chi connectivity index (χ0) is 22.3. The van der Waals surface area contributed by atoms with Gasteiger partial charge in [-0.1, -0.05) is 42.5 Å². The molecule has 2 heterocycles. The van der Waals surface area contributed by atoms with E-state index in [-0.39, 0.29) is 11.3 Å². The van der Waals surface area contributed by atoms with Crippen molar-refractivity contribution in [3.63, 3.8) is 0 Å². The number of hydrogen-bond acceptors (Lipinski definition) is 3. The van der Waals surface area contributed by atoms with Crippen molar-refractivity contribution in [3.8, 4) is 17.1 Å². The fourth-order valence-electron chi connectivity index (χ4n) is 4.45. The molecule has 3 aromatic carbocycles. The minimum absolute atomic E-state index is 0.0208. The van der Waals surface area contributed by atoms with Crippen molar-refractivity contribution in [2.45, 2.75) is 25.7 Å². The Balaban J connectivity index is 1.49. The van der Waals surface area contributed by atoms with Crippen molar-refractivity contribution in [2.24, 2.45) is 0 Å². The van der Waals surface area contributed by atoms with Crippen LogP contribution in [-0.4, -0.2) is 18.6 Å². The summed E-state index contributed by atoms with van der Waals surface area (Å²) in [5.74, 6) is 0.695. The number of fused-ring (bicyclic) bond motifs is 2. The zero-order valence-electron chi connectivity index (χ0n) is 17.6. The molecule has 0 N–H and O–H groups in total. The molecule has 6 heteroatoms. The molecule has 1 aliphatic heterocycles. The fourth-order valence-corrected chi connectivity index (χ4v) is 4.45. The summed E-state index contributed by atoms with van der Waals surface area (Å²) in [5.41, 5.74) is 3.51. The SMILES string of the molecule is COc1cc(CN2CCc3ccccc3C2)cc2cc(-c3ccccc3C(F)(F)F)oc12. The molecule has 0 bridgehead atoms. The van der Waals surface area contributed by atoms with Crippen LogP contribution in [0.3, 0.4) is 0 Å². The van der Waals surface area contributed by atoms with Gasteiger partial charge in [-0.2, -0.15) is 13.2 Å². The lowest BCUT2D eigenvalue weighted by molar-refractivity contribution is -0.137. The Morgan fingerprint density at radius 3 is 2.50 bits per heavy atom. The lowest BCUT2D eigenvalue weighted by atomic mass is 9.99. The van der Waals surface area contributed by atoms with Gasteiger partial charge in [-0.15, -0.1) is 0 Å². The van der Waals surface area contributed by atoms with E-state index in [1.54, 1.807) is 19.2 Å². The number of nitrogens with zero attached hydrogens (tertiary/aromatic N) is 1. The monoisotopic (exact) mass is 437 g/mol. The van der Waals surface area contributed by atoms with Crippen LogP contribution in [-0.2, 0) is 25.7 Å². The highest BCUT2D eigenvalue weighted by Gasteiger charge is 2.34. The first-order valence-electron chi connectivity index (χ1n) is 10.5. The average Bonchev–Trinajstić information content (AvgIpc) is 3.22. The number of ether oxygens (including phenoxy) is 1. The number of halogens is 3. The Kier molecular flexibility index (Phi) is 5.18. The summed E-state index contributed by atoms with van der Waals surface area (Å²) in [7, 11) is 1.54. The Morgan fingerprint density at radius 2 is 1.72 bits per heavy atom. The molecule has 0 amide bonds. The molecule has 1 aromatic heterocycles. The van der Waals surface area contributed by atoms with Crippen LogP contribution in [0.15, 0.2) is 71.1 Å². The van der Waals surface area contributed by atoms with Crippen LogP contribution in [0.25, 0.3) is 22.3 Å². The maximum absolute atomic E-state index is 13.5. The molecule has 1 aliphatic rings. The molecular weight excluding hydrogens is 415 g/mol. The van der Waals surface area contributed by atoms with Gasteiger partial charge in [0.25, 0.3) is 0 Å². The van der Waals surface area contributed by atoms with E-state index in [9.17, 15) is 13.2 Å². The average molecular weight is 437 g/mol. The molecule has 3 nitrogen and oxygen atoms in total. The number of hydrogen-bond donors (Lipinski definition) is 0. The highest BCUT2D eigenvalue weighted by atomic mass is 19.4. The first-order valence-corrected chi connectivity index (χ1v) is 10.5. The summed E-state index contributed by atoms with van der Waals surface area (Å²) in [6.07, 6.45) is -3.46. The van der Waals surface area contributed by atoms with Crippen LogP contribution < -0.4 is 4.74 Å². The van der Waals surface area contributed by atoms with Gasteiger partial charge in [-0.05, 0) is 47.4 Å². The van der Waals surface area contributed by atoms with Crippen molar-refractivity contribution in [2.75, 3.05) is 13.7 Å². The molecule has 0 radical (unpaired) electrons. The number of alkyl halides is 3. The van der Waals surface area contributed by atoms with Gasteiger partial charge in [0.1, 0.15) is 5.76 Å². The van der Waals surface area contributed by atoms with E-state index in [4.69, 9.17) is 9.15 Å². The summed E-state index contributed by atoms with van der Waals surface area (Å²) in [5, 5.41) is 0.726. The van der Waals surface area contributed by atoms with Gasteiger partial charge in [-0.3, -0.25) is 4.90 Å². The minimum atomic E-state index is -4.46. The van der Waals surface area contributed by atoms with Crippen molar-refractivity contribution >= 4 is 11.0 Å². The van der Waals surface area contributed by atoms with Crippen LogP contribution in [0.2, 0.25) is 0 Å². The van der Waals surface area contributed by atoms with Gasteiger partial charge in [0.15, 0.2) is 11.3 Å². The number of benzene rings is 3. The second-order valence-electron chi connectivity index (χ2n) is 8.10. The lowest BCUT2D eigenvalue weighted by Gasteiger charge is -2.28. The van der Waals surface area contributed by atoms with Crippen molar-refractivity contribution in [1.82, 2.24) is 4.90 Å². The van der Waals surface area contributed by atoms with Crippen molar-refractivity contribution in [1.29, 1.82) is 0 Å². The van der Waals surface area contributed by atoms with Gasteiger partial charge in [-0.25, -0.2) is 0 Å². The molecule has 0 aliphatic carbocycles. The largest absolute Gasteiger partial charge is 0.493 e. The molecule has 0 saturated carbocycles. The van der Waals surface area contributed by atoms with E-state index in [0.717, 1.165) is 43.1 Å². The topological polar surface area (TPSA) is 25.6 Å². The summed E-state index contributed by atoms with van der Waals surface area (Å²) in [6, 6.07) is 19.5. The Bertz CT molecular complexity index is 1280. The highest BCUT2D eigenvalue weighted by Crippen LogP contribution is 2.40. The molecule has 32 heavy (non-hydrogen) atoms. The minimum Gasteiger partial charge on any atom is -0.493 e. The molecule has 0 atom stereocenters. The maximum Gasteiger partial charge on any atom is 0.417 e. The third-order valence-electron chi connectivity index (χ3n) is 5.98. The first kappa shape index (κ1) is 20.6. The molecule has 5 rings (SSSR count). The predicted octanol–water partition coefficient (Wildman–Crippen LogP) is 6.69. The predicted molar refractivity (Wildman–Crippen MR) is 117 cm³/mol. The second-order valence-corrected chi connectivity index (χ2v) is 8.10.